The number of nitrogens with zero attached hydrogens (tertiary/aromatic N) is 5. The van der Waals surface area contributed by atoms with Gasteiger partial charge in [0.15, 0.2) is 17.1 Å². The average molecular weight is 467 g/mol. The summed E-state index contributed by atoms with van der Waals surface area (Å²) >= 11 is 0. The van der Waals surface area contributed by atoms with E-state index >= 15 is 0 Å². The summed E-state index contributed by atoms with van der Waals surface area (Å²) in [4.78, 5) is 15.2. The van der Waals surface area contributed by atoms with Gasteiger partial charge in [0.1, 0.15) is 0 Å². The van der Waals surface area contributed by atoms with Gasteiger partial charge in [0, 0.05) is 23.2 Å². The van der Waals surface area contributed by atoms with Crippen molar-refractivity contribution in [2.75, 3.05) is 12.1 Å². The number of rotatable bonds is 5. The van der Waals surface area contributed by atoms with Crippen LogP contribution in [0.15, 0.2) is 72.8 Å². The molecule has 0 atom stereocenters. The number of benzene rings is 3. The van der Waals surface area contributed by atoms with Gasteiger partial charge in [-0.05, 0) is 65.4 Å². The molecule has 9 nitrogen and oxygen atoms in total. The number of carbonyl (C=O) groups is 1. The Morgan fingerprint density at radius 3 is 2.74 bits per heavy atom. The van der Waals surface area contributed by atoms with Crippen LogP contribution in [0.1, 0.15) is 16.7 Å². The van der Waals surface area contributed by atoms with Crippen molar-refractivity contribution in [3.8, 4) is 11.5 Å². The Morgan fingerprint density at radius 1 is 1.00 bits per heavy atom. The molecule has 0 radical (unpaired) electrons. The maximum Gasteiger partial charge on any atom is 0.322 e. The van der Waals surface area contributed by atoms with Crippen LogP contribution >= 0.6 is 0 Å². The number of hydrogen-bond acceptors (Lipinski definition) is 6. The van der Waals surface area contributed by atoms with Crippen molar-refractivity contribution in [2.45, 2.75) is 20.0 Å². The highest BCUT2D eigenvalue weighted by Crippen LogP contribution is 2.33. The SMILES string of the molecule is Cc1ccc2c(c1)cc(CN(Cc1ccc3c(c1)OCO3)C(=O)Nc1ccccc1)c1nnnn12. The van der Waals surface area contributed by atoms with E-state index in [4.69, 9.17) is 9.47 Å². The summed E-state index contributed by atoms with van der Waals surface area (Å²) in [7, 11) is 0. The molecule has 6 rings (SSSR count). The molecule has 1 N–H and O–H groups in total. The van der Waals surface area contributed by atoms with Gasteiger partial charge in [-0.25, -0.2) is 4.79 Å². The number of nitrogens with one attached hydrogen (secondary N) is 1. The number of pyridine rings is 1. The van der Waals surface area contributed by atoms with E-state index in [0.29, 0.717) is 30.2 Å². The zero-order valence-corrected chi connectivity index (χ0v) is 19.0. The fourth-order valence-corrected chi connectivity index (χ4v) is 4.29. The summed E-state index contributed by atoms with van der Waals surface area (Å²) in [6.45, 7) is 2.91. The molecule has 1 aliphatic heterocycles. The summed E-state index contributed by atoms with van der Waals surface area (Å²) in [5, 5.41) is 16.3. The van der Waals surface area contributed by atoms with Crippen LogP contribution in [-0.2, 0) is 13.1 Å². The first-order chi connectivity index (χ1) is 17.1. The number of aromatic nitrogens is 4. The minimum atomic E-state index is -0.233. The fourth-order valence-electron chi connectivity index (χ4n) is 4.29. The molecular weight excluding hydrogens is 444 g/mol. The number of urea groups is 1. The fraction of sp³-hybridized carbons (Fsp3) is 0.154. The van der Waals surface area contributed by atoms with Gasteiger partial charge in [-0.1, -0.05) is 35.9 Å². The molecule has 174 valence electrons. The zero-order chi connectivity index (χ0) is 23.8. The van der Waals surface area contributed by atoms with Crippen LogP contribution in [0.4, 0.5) is 10.5 Å². The molecule has 3 aromatic carbocycles. The quantitative estimate of drug-likeness (QED) is 0.409. The molecule has 35 heavy (non-hydrogen) atoms. The summed E-state index contributed by atoms with van der Waals surface area (Å²) in [6.07, 6.45) is 0. The van der Waals surface area contributed by atoms with Crippen LogP contribution in [0.3, 0.4) is 0 Å². The number of tetrazole rings is 1. The van der Waals surface area contributed by atoms with E-state index < -0.39 is 0 Å². The van der Waals surface area contributed by atoms with E-state index in [1.807, 2.05) is 67.6 Å². The first-order valence-electron chi connectivity index (χ1n) is 11.2. The van der Waals surface area contributed by atoms with Crippen molar-refractivity contribution in [2.24, 2.45) is 0 Å². The van der Waals surface area contributed by atoms with Gasteiger partial charge in [-0.15, -0.1) is 5.10 Å². The van der Waals surface area contributed by atoms with Crippen molar-refractivity contribution in [3.05, 3.63) is 89.5 Å². The van der Waals surface area contributed by atoms with Gasteiger partial charge in [-0.3, -0.25) is 0 Å². The van der Waals surface area contributed by atoms with E-state index in [2.05, 4.69) is 33.0 Å². The number of anilines is 1. The molecule has 0 fully saturated rings. The Hall–Kier alpha value is -4.66. The summed E-state index contributed by atoms with van der Waals surface area (Å²) in [5.74, 6) is 1.38. The second kappa shape index (κ2) is 8.60. The molecule has 0 bridgehead atoms. The minimum absolute atomic E-state index is 0.200. The summed E-state index contributed by atoms with van der Waals surface area (Å²) < 4.78 is 12.7. The van der Waals surface area contributed by atoms with Crippen LogP contribution in [0.25, 0.3) is 16.6 Å². The molecule has 0 aliphatic carbocycles. The number of ether oxygens (including phenoxy) is 2. The number of aryl methyl sites for hydroxylation is 1. The molecular formula is C26H22N6O3. The molecule has 9 heteroatoms. The van der Waals surface area contributed by atoms with Crippen molar-refractivity contribution in [1.29, 1.82) is 0 Å². The monoisotopic (exact) mass is 466 g/mol. The maximum atomic E-state index is 13.4. The second-order valence-electron chi connectivity index (χ2n) is 8.49. The van der Waals surface area contributed by atoms with Gasteiger partial charge in [-0.2, -0.15) is 4.52 Å². The Morgan fingerprint density at radius 2 is 1.86 bits per heavy atom. The van der Waals surface area contributed by atoms with Gasteiger partial charge in [0.2, 0.25) is 6.79 Å². The first kappa shape index (κ1) is 20.9. The molecule has 0 saturated carbocycles. The van der Waals surface area contributed by atoms with Crippen LogP contribution in [0, 0.1) is 6.92 Å². The average Bonchev–Trinajstić information content (AvgIpc) is 3.54. The Bertz CT molecular complexity index is 1550. The summed E-state index contributed by atoms with van der Waals surface area (Å²) in [6, 6.07) is 23.0. The third-order valence-electron chi connectivity index (χ3n) is 5.98. The number of amides is 2. The normalized spacial score (nSPS) is 12.3. The highest BCUT2D eigenvalue weighted by molar-refractivity contribution is 5.90. The molecule has 5 aromatic rings. The second-order valence-corrected chi connectivity index (χ2v) is 8.49. The van der Waals surface area contributed by atoms with E-state index in [0.717, 1.165) is 33.3 Å². The Balaban J connectivity index is 1.38. The third kappa shape index (κ3) is 4.08. The zero-order valence-electron chi connectivity index (χ0n) is 19.0. The summed E-state index contributed by atoms with van der Waals surface area (Å²) in [5.41, 5.74) is 5.15. The number of carbonyl (C=O) groups excluding carboxylic acids is 1. The largest absolute Gasteiger partial charge is 0.454 e. The van der Waals surface area contributed by atoms with Crippen LogP contribution in [0.5, 0.6) is 11.5 Å². The lowest BCUT2D eigenvalue weighted by molar-refractivity contribution is 0.174. The van der Waals surface area contributed by atoms with Crippen LogP contribution in [0.2, 0.25) is 0 Å². The van der Waals surface area contributed by atoms with Crippen molar-refractivity contribution < 1.29 is 14.3 Å². The predicted molar refractivity (Wildman–Crippen MR) is 130 cm³/mol. The predicted octanol–water partition coefficient (Wildman–Crippen LogP) is 4.55. The minimum Gasteiger partial charge on any atom is -0.454 e. The van der Waals surface area contributed by atoms with Gasteiger partial charge in [0.25, 0.3) is 0 Å². The Labute approximate surface area is 200 Å². The lowest BCUT2D eigenvalue weighted by Crippen LogP contribution is -2.34. The molecule has 1 aliphatic rings. The van der Waals surface area contributed by atoms with E-state index in [1.54, 1.807) is 9.42 Å². The molecule has 2 amide bonds. The van der Waals surface area contributed by atoms with E-state index in [1.165, 1.54) is 0 Å². The molecule has 3 heterocycles. The molecule has 0 spiro atoms. The number of fused-ring (bicyclic) bond motifs is 4. The first-order valence-corrected chi connectivity index (χ1v) is 11.2. The third-order valence-corrected chi connectivity index (χ3v) is 5.98. The van der Waals surface area contributed by atoms with Gasteiger partial charge >= 0.3 is 6.03 Å². The highest BCUT2D eigenvalue weighted by atomic mass is 16.7. The van der Waals surface area contributed by atoms with E-state index in [-0.39, 0.29) is 12.8 Å². The highest BCUT2D eigenvalue weighted by Gasteiger charge is 2.21. The Kier molecular flexibility index (Phi) is 5.14. The number of hydrogen-bond donors (Lipinski definition) is 1. The topological polar surface area (TPSA) is 93.9 Å². The molecule has 0 saturated heterocycles. The standard InChI is InChI=1S/C26H22N6O3/c1-17-7-9-22-19(11-17)13-20(25-28-29-30-32(22)25)15-31(26(33)27-21-5-3-2-4-6-21)14-18-8-10-23-24(12-18)35-16-34-23/h2-13H,14-16H2,1H3,(H,27,33). The lowest BCUT2D eigenvalue weighted by atomic mass is 10.1. The van der Waals surface area contributed by atoms with Gasteiger partial charge in [0.05, 0.1) is 12.1 Å². The van der Waals surface area contributed by atoms with Crippen LogP contribution in [-0.4, -0.2) is 37.8 Å². The smallest absolute Gasteiger partial charge is 0.322 e. The van der Waals surface area contributed by atoms with Gasteiger partial charge < -0.3 is 19.7 Å². The van der Waals surface area contributed by atoms with Crippen molar-refractivity contribution in [3.63, 3.8) is 0 Å². The maximum absolute atomic E-state index is 13.4. The molecule has 2 aromatic heterocycles. The van der Waals surface area contributed by atoms with Crippen molar-refractivity contribution in [1.82, 2.24) is 24.9 Å². The number of para-hydroxylation sites is 1. The molecule has 0 unspecified atom stereocenters. The van der Waals surface area contributed by atoms with E-state index in [9.17, 15) is 4.79 Å². The lowest BCUT2D eigenvalue weighted by Gasteiger charge is -2.24. The van der Waals surface area contributed by atoms with Crippen LogP contribution < -0.4 is 14.8 Å². The van der Waals surface area contributed by atoms with Crippen molar-refractivity contribution >= 4 is 28.3 Å².